The molecule has 0 saturated carbocycles. The van der Waals surface area contributed by atoms with Crippen molar-refractivity contribution < 1.29 is 4.39 Å². The SMILES string of the molecule is C=C/N=C(/NCc1ccc(C)cc1)c1sc(-c2ccc(F)cc2)cc1N. The van der Waals surface area contributed by atoms with Gasteiger partial charge in [0, 0.05) is 17.6 Å². The summed E-state index contributed by atoms with van der Waals surface area (Å²) in [5, 5.41) is 3.34. The van der Waals surface area contributed by atoms with Crippen molar-refractivity contribution in [3.63, 3.8) is 0 Å². The van der Waals surface area contributed by atoms with Crippen LogP contribution >= 0.6 is 11.3 Å². The molecule has 3 nitrogen and oxygen atoms in total. The van der Waals surface area contributed by atoms with Crippen LogP contribution in [0.25, 0.3) is 10.4 Å². The number of hydrogen-bond donors (Lipinski definition) is 2. The highest BCUT2D eigenvalue weighted by Gasteiger charge is 2.13. The highest BCUT2D eigenvalue weighted by atomic mass is 32.1. The summed E-state index contributed by atoms with van der Waals surface area (Å²) in [7, 11) is 0. The molecule has 0 fully saturated rings. The van der Waals surface area contributed by atoms with E-state index in [2.05, 4.69) is 48.1 Å². The van der Waals surface area contributed by atoms with Gasteiger partial charge < -0.3 is 11.1 Å². The number of thiophene rings is 1. The molecule has 3 rings (SSSR count). The van der Waals surface area contributed by atoms with Crippen LogP contribution in [0, 0.1) is 12.7 Å². The average molecular weight is 365 g/mol. The number of rotatable bonds is 5. The number of nitrogen functional groups attached to an aromatic ring is 1. The minimum Gasteiger partial charge on any atom is -0.397 e. The fraction of sp³-hybridized carbons (Fsp3) is 0.0952. The number of nitrogens with zero attached hydrogens (tertiary/aromatic N) is 1. The van der Waals surface area contributed by atoms with Crippen molar-refractivity contribution in [2.24, 2.45) is 4.99 Å². The number of anilines is 1. The third-order valence-corrected chi connectivity index (χ3v) is 5.11. The van der Waals surface area contributed by atoms with Crippen molar-refractivity contribution in [2.45, 2.75) is 13.5 Å². The first-order chi connectivity index (χ1) is 12.6. The molecule has 1 heterocycles. The van der Waals surface area contributed by atoms with Gasteiger partial charge in [0.1, 0.15) is 11.7 Å². The average Bonchev–Trinajstić information content (AvgIpc) is 3.02. The third kappa shape index (κ3) is 4.18. The molecule has 2 aromatic carbocycles. The topological polar surface area (TPSA) is 50.4 Å². The molecule has 0 aliphatic heterocycles. The first kappa shape index (κ1) is 17.9. The number of hydrogen-bond acceptors (Lipinski definition) is 3. The van der Waals surface area contributed by atoms with Crippen LogP contribution in [0.4, 0.5) is 10.1 Å². The molecule has 26 heavy (non-hydrogen) atoms. The molecule has 5 heteroatoms. The fourth-order valence-corrected chi connectivity index (χ4v) is 3.57. The van der Waals surface area contributed by atoms with E-state index >= 15 is 0 Å². The van der Waals surface area contributed by atoms with Crippen molar-refractivity contribution in [1.82, 2.24) is 5.32 Å². The van der Waals surface area contributed by atoms with Gasteiger partial charge in [0.2, 0.25) is 0 Å². The van der Waals surface area contributed by atoms with Crippen molar-refractivity contribution in [2.75, 3.05) is 5.73 Å². The lowest BCUT2D eigenvalue weighted by Gasteiger charge is -2.09. The van der Waals surface area contributed by atoms with Gasteiger partial charge in [-0.05, 0) is 36.2 Å². The Kier molecular flexibility index (Phi) is 5.49. The molecular weight excluding hydrogens is 345 g/mol. The molecule has 0 spiro atoms. The van der Waals surface area contributed by atoms with E-state index in [4.69, 9.17) is 5.73 Å². The number of aliphatic imine (C=N–C) groups is 1. The Bertz CT molecular complexity index is 925. The number of nitrogens with two attached hydrogens (primary N) is 1. The number of halogens is 1. The van der Waals surface area contributed by atoms with E-state index in [0.717, 1.165) is 20.9 Å². The van der Waals surface area contributed by atoms with Gasteiger partial charge in [0.25, 0.3) is 0 Å². The van der Waals surface area contributed by atoms with Gasteiger partial charge in [-0.1, -0.05) is 48.5 Å². The molecule has 132 valence electrons. The Hall–Kier alpha value is -2.92. The van der Waals surface area contributed by atoms with Gasteiger partial charge in [-0.3, -0.25) is 0 Å². The van der Waals surface area contributed by atoms with E-state index in [1.165, 1.54) is 35.2 Å². The highest BCUT2D eigenvalue weighted by molar-refractivity contribution is 7.18. The molecule has 0 saturated heterocycles. The second-order valence-electron chi connectivity index (χ2n) is 5.90. The van der Waals surface area contributed by atoms with Gasteiger partial charge >= 0.3 is 0 Å². The minimum absolute atomic E-state index is 0.257. The molecule has 0 amide bonds. The number of amidine groups is 1. The monoisotopic (exact) mass is 365 g/mol. The van der Waals surface area contributed by atoms with Crippen LogP contribution in [-0.2, 0) is 6.54 Å². The van der Waals surface area contributed by atoms with E-state index in [1.54, 1.807) is 12.1 Å². The molecule has 3 N–H and O–H groups in total. The van der Waals surface area contributed by atoms with E-state index in [9.17, 15) is 4.39 Å². The van der Waals surface area contributed by atoms with Crippen LogP contribution in [0.2, 0.25) is 0 Å². The maximum Gasteiger partial charge on any atom is 0.145 e. The Balaban J connectivity index is 1.83. The highest BCUT2D eigenvalue weighted by Crippen LogP contribution is 2.33. The molecule has 3 aromatic rings. The summed E-state index contributed by atoms with van der Waals surface area (Å²) in [5.41, 5.74) is 10.1. The van der Waals surface area contributed by atoms with Crippen molar-refractivity contribution in [1.29, 1.82) is 0 Å². The molecule has 0 bridgehead atoms. The van der Waals surface area contributed by atoms with Crippen LogP contribution in [0.5, 0.6) is 0 Å². The van der Waals surface area contributed by atoms with E-state index in [-0.39, 0.29) is 5.82 Å². The number of benzene rings is 2. The van der Waals surface area contributed by atoms with Crippen LogP contribution in [0.3, 0.4) is 0 Å². The van der Waals surface area contributed by atoms with Gasteiger partial charge in [-0.25, -0.2) is 9.38 Å². The summed E-state index contributed by atoms with van der Waals surface area (Å²) in [6.45, 7) is 6.39. The van der Waals surface area contributed by atoms with Crippen LogP contribution < -0.4 is 11.1 Å². The lowest BCUT2D eigenvalue weighted by molar-refractivity contribution is 0.628. The van der Waals surface area contributed by atoms with Gasteiger partial charge in [-0.15, -0.1) is 11.3 Å². The van der Waals surface area contributed by atoms with Crippen LogP contribution in [-0.4, -0.2) is 5.84 Å². The second-order valence-corrected chi connectivity index (χ2v) is 6.95. The lowest BCUT2D eigenvalue weighted by Crippen LogP contribution is -2.23. The minimum atomic E-state index is -0.257. The summed E-state index contributed by atoms with van der Waals surface area (Å²) in [4.78, 5) is 6.16. The summed E-state index contributed by atoms with van der Waals surface area (Å²) in [5.74, 6) is 0.420. The summed E-state index contributed by atoms with van der Waals surface area (Å²) in [6.07, 6.45) is 1.49. The Labute approximate surface area is 156 Å². The third-order valence-electron chi connectivity index (χ3n) is 3.91. The molecule has 0 atom stereocenters. The quantitative estimate of drug-likeness (QED) is 0.487. The van der Waals surface area contributed by atoms with E-state index in [0.29, 0.717) is 18.1 Å². The molecule has 0 aliphatic rings. The Morgan fingerprint density at radius 1 is 1.19 bits per heavy atom. The van der Waals surface area contributed by atoms with Crippen LogP contribution in [0.1, 0.15) is 16.0 Å². The zero-order valence-electron chi connectivity index (χ0n) is 14.5. The fourth-order valence-electron chi connectivity index (χ4n) is 2.51. The predicted octanol–water partition coefficient (Wildman–Crippen LogP) is 5.12. The molecule has 0 radical (unpaired) electrons. The van der Waals surface area contributed by atoms with Crippen molar-refractivity contribution >= 4 is 22.9 Å². The standard InChI is InChI=1S/C21H20FN3S/c1-3-24-21(25-13-15-6-4-14(2)5-7-15)20-18(23)12-19(26-20)16-8-10-17(22)11-9-16/h3-12H,1,13,23H2,2H3,(H,24,25). The molecule has 1 aromatic heterocycles. The predicted molar refractivity (Wildman–Crippen MR) is 109 cm³/mol. The molecule has 0 unspecified atom stereocenters. The van der Waals surface area contributed by atoms with E-state index < -0.39 is 0 Å². The summed E-state index contributed by atoms with van der Waals surface area (Å²) < 4.78 is 13.1. The van der Waals surface area contributed by atoms with Gasteiger partial charge in [-0.2, -0.15) is 0 Å². The number of aryl methyl sites for hydroxylation is 1. The van der Waals surface area contributed by atoms with Crippen molar-refractivity contribution in [3.05, 3.63) is 89.2 Å². The Morgan fingerprint density at radius 2 is 1.88 bits per heavy atom. The summed E-state index contributed by atoms with van der Waals surface area (Å²) in [6, 6.07) is 16.6. The maximum absolute atomic E-state index is 13.1. The molecular formula is C21H20FN3S. The van der Waals surface area contributed by atoms with E-state index in [1.807, 2.05) is 6.07 Å². The first-order valence-corrected chi connectivity index (χ1v) is 9.02. The smallest absolute Gasteiger partial charge is 0.145 e. The normalized spacial score (nSPS) is 11.4. The van der Waals surface area contributed by atoms with Crippen molar-refractivity contribution in [3.8, 4) is 10.4 Å². The van der Waals surface area contributed by atoms with Gasteiger partial charge in [0.05, 0.1) is 10.6 Å². The summed E-state index contributed by atoms with van der Waals surface area (Å²) >= 11 is 1.52. The maximum atomic E-state index is 13.1. The second kappa shape index (κ2) is 7.97. The Morgan fingerprint density at radius 3 is 2.54 bits per heavy atom. The van der Waals surface area contributed by atoms with Gasteiger partial charge in [0.15, 0.2) is 0 Å². The molecule has 0 aliphatic carbocycles. The first-order valence-electron chi connectivity index (χ1n) is 8.20. The number of nitrogens with one attached hydrogen (secondary N) is 1. The zero-order valence-corrected chi connectivity index (χ0v) is 15.3. The lowest BCUT2D eigenvalue weighted by atomic mass is 10.1. The zero-order chi connectivity index (χ0) is 18.5. The largest absolute Gasteiger partial charge is 0.397 e. The van der Waals surface area contributed by atoms with Crippen LogP contribution in [0.15, 0.2) is 72.4 Å².